The monoisotopic (exact) mass is 457 g/mol. The van der Waals surface area contributed by atoms with E-state index in [-0.39, 0.29) is 22.0 Å². The highest BCUT2D eigenvalue weighted by molar-refractivity contribution is 7.15. The summed E-state index contributed by atoms with van der Waals surface area (Å²) in [6.07, 6.45) is 0.242. The molecule has 156 valence electrons. The molecule has 0 aliphatic carbocycles. The number of aromatic nitrogens is 1. The van der Waals surface area contributed by atoms with Gasteiger partial charge in [-0.15, -0.1) is 0 Å². The molecule has 0 atom stereocenters. The number of nitrogens with zero attached hydrogens (tertiary/aromatic N) is 2. The maximum atomic E-state index is 12.6. The first-order chi connectivity index (χ1) is 13.6. The second-order valence-electron chi connectivity index (χ2n) is 7.47. The lowest BCUT2D eigenvalue weighted by atomic mass is 10.2. The van der Waals surface area contributed by atoms with E-state index < -0.39 is 5.60 Å². The molecule has 0 saturated heterocycles. The van der Waals surface area contributed by atoms with Gasteiger partial charge >= 0.3 is 6.09 Å². The van der Waals surface area contributed by atoms with Gasteiger partial charge in [0.15, 0.2) is 10.9 Å². The third-order valence-corrected chi connectivity index (χ3v) is 5.63. The SMILES string of the molecule is COc1c(Cl)cc(C(=O)Nc2nc3c(s2)CN(C(=O)OC(C)(C)C)CC3)cc1Cl. The summed E-state index contributed by atoms with van der Waals surface area (Å²) in [5.74, 6) is -0.0663. The molecule has 10 heteroatoms. The number of carbonyl (C=O) groups is 2. The van der Waals surface area contributed by atoms with Crippen molar-refractivity contribution in [2.75, 3.05) is 19.0 Å². The number of ether oxygens (including phenoxy) is 2. The number of rotatable bonds is 3. The van der Waals surface area contributed by atoms with Crippen molar-refractivity contribution in [2.24, 2.45) is 0 Å². The number of carbonyl (C=O) groups excluding carboxylic acids is 2. The third kappa shape index (κ3) is 5.12. The van der Waals surface area contributed by atoms with E-state index >= 15 is 0 Å². The Bertz CT molecular complexity index is 932. The highest BCUT2D eigenvalue weighted by Crippen LogP contribution is 2.34. The molecule has 0 unspecified atom stereocenters. The van der Waals surface area contributed by atoms with Crippen LogP contribution in [-0.4, -0.2) is 41.1 Å². The summed E-state index contributed by atoms with van der Waals surface area (Å²) >= 11 is 13.5. The molecule has 1 aliphatic rings. The maximum absolute atomic E-state index is 12.6. The van der Waals surface area contributed by atoms with Crippen LogP contribution in [0.1, 0.15) is 41.7 Å². The van der Waals surface area contributed by atoms with Crippen LogP contribution in [0.4, 0.5) is 9.93 Å². The summed E-state index contributed by atoms with van der Waals surface area (Å²) in [7, 11) is 1.45. The second-order valence-corrected chi connectivity index (χ2v) is 9.37. The Labute approximate surface area is 182 Å². The summed E-state index contributed by atoms with van der Waals surface area (Å²) in [6.45, 7) is 6.41. The molecule has 1 aromatic carbocycles. The zero-order valence-electron chi connectivity index (χ0n) is 16.5. The quantitative estimate of drug-likeness (QED) is 0.700. The van der Waals surface area contributed by atoms with Gasteiger partial charge in [-0.2, -0.15) is 0 Å². The predicted octanol–water partition coefficient (Wildman–Crippen LogP) is 5.00. The molecule has 2 heterocycles. The van der Waals surface area contributed by atoms with E-state index in [0.29, 0.717) is 36.0 Å². The standard InChI is InChI=1S/C19H21Cl2N3O4S/c1-19(2,3)28-18(26)24-6-5-13-14(9-24)29-17(22-13)23-16(25)10-7-11(20)15(27-4)12(21)8-10/h7-8H,5-6,9H2,1-4H3,(H,22,23,25). The first-order valence-electron chi connectivity index (χ1n) is 8.88. The number of nitrogens with one attached hydrogen (secondary N) is 1. The average molecular weight is 458 g/mol. The Morgan fingerprint density at radius 3 is 2.48 bits per heavy atom. The minimum atomic E-state index is -0.550. The number of anilines is 1. The van der Waals surface area contributed by atoms with Crippen LogP contribution < -0.4 is 10.1 Å². The van der Waals surface area contributed by atoms with Gasteiger partial charge in [-0.1, -0.05) is 34.5 Å². The molecule has 1 aliphatic heterocycles. The lowest BCUT2D eigenvalue weighted by Gasteiger charge is -2.29. The van der Waals surface area contributed by atoms with Crippen molar-refractivity contribution in [3.8, 4) is 5.75 Å². The zero-order chi connectivity index (χ0) is 21.3. The van der Waals surface area contributed by atoms with Gasteiger partial charge in [-0.25, -0.2) is 9.78 Å². The number of hydrogen-bond acceptors (Lipinski definition) is 6. The molecular weight excluding hydrogens is 437 g/mol. The molecule has 0 saturated carbocycles. The first-order valence-corrected chi connectivity index (χ1v) is 10.5. The van der Waals surface area contributed by atoms with Gasteiger partial charge in [-0.3, -0.25) is 10.1 Å². The van der Waals surface area contributed by atoms with E-state index in [2.05, 4.69) is 10.3 Å². The molecule has 0 fully saturated rings. The topological polar surface area (TPSA) is 80.8 Å². The lowest BCUT2D eigenvalue weighted by molar-refractivity contribution is 0.0225. The van der Waals surface area contributed by atoms with Crippen molar-refractivity contribution in [1.29, 1.82) is 0 Å². The highest BCUT2D eigenvalue weighted by Gasteiger charge is 2.28. The molecule has 0 radical (unpaired) electrons. The van der Waals surface area contributed by atoms with Crippen molar-refractivity contribution >= 4 is 51.7 Å². The fourth-order valence-electron chi connectivity index (χ4n) is 2.79. The largest absolute Gasteiger partial charge is 0.494 e. The molecule has 1 N–H and O–H groups in total. The van der Waals surface area contributed by atoms with Crippen molar-refractivity contribution in [3.05, 3.63) is 38.3 Å². The number of halogens is 2. The van der Waals surface area contributed by atoms with E-state index in [1.165, 1.54) is 30.6 Å². The van der Waals surface area contributed by atoms with Crippen LogP contribution >= 0.6 is 34.5 Å². The number of thiazole rings is 1. The van der Waals surface area contributed by atoms with Crippen molar-refractivity contribution in [3.63, 3.8) is 0 Å². The van der Waals surface area contributed by atoms with Crippen LogP contribution in [0, 0.1) is 0 Å². The number of hydrogen-bond donors (Lipinski definition) is 1. The average Bonchev–Trinajstić information content (AvgIpc) is 3.01. The highest BCUT2D eigenvalue weighted by atomic mass is 35.5. The van der Waals surface area contributed by atoms with Crippen LogP contribution in [0.25, 0.3) is 0 Å². The number of fused-ring (bicyclic) bond motifs is 1. The van der Waals surface area contributed by atoms with E-state index in [1.807, 2.05) is 20.8 Å². The molecule has 2 aromatic rings. The maximum Gasteiger partial charge on any atom is 0.410 e. The van der Waals surface area contributed by atoms with Gasteiger partial charge in [-0.05, 0) is 32.9 Å². The number of methoxy groups -OCH3 is 1. The second kappa shape index (κ2) is 8.38. The van der Waals surface area contributed by atoms with E-state index in [9.17, 15) is 9.59 Å². The number of benzene rings is 1. The molecule has 7 nitrogen and oxygen atoms in total. The summed E-state index contributed by atoms with van der Waals surface area (Å²) in [5.41, 5.74) is 0.616. The van der Waals surface area contributed by atoms with Gasteiger partial charge in [0.25, 0.3) is 5.91 Å². The molecular formula is C19H21Cl2N3O4S. The minimum Gasteiger partial charge on any atom is -0.494 e. The first kappa shape index (κ1) is 21.7. The zero-order valence-corrected chi connectivity index (χ0v) is 18.8. The number of amides is 2. The molecule has 2 amide bonds. The van der Waals surface area contributed by atoms with Crippen molar-refractivity contribution in [2.45, 2.75) is 39.3 Å². The predicted molar refractivity (Wildman–Crippen MR) is 113 cm³/mol. The van der Waals surface area contributed by atoms with Crippen LogP contribution in [0.5, 0.6) is 5.75 Å². The molecule has 3 rings (SSSR count). The van der Waals surface area contributed by atoms with Crippen LogP contribution in [-0.2, 0) is 17.7 Å². The van der Waals surface area contributed by atoms with Gasteiger partial charge in [0.1, 0.15) is 5.60 Å². The van der Waals surface area contributed by atoms with Gasteiger partial charge in [0, 0.05) is 23.4 Å². The Morgan fingerprint density at radius 1 is 1.24 bits per heavy atom. The summed E-state index contributed by atoms with van der Waals surface area (Å²) < 4.78 is 10.5. The summed E-state index contributed by atoms with van der Waals surface area (Å²) in [4.78, 5) is 31.9. The van der Waals surface area contributed by atoms with E-state index in [1.54, 1.807) is 4.90 Å². The molecule has 0 spiro atoms. The van der Waals surface area contributed by atoms with Crippen molar-refractivity contribution < 1.29 is 19.1 Å². The fraction of sp³-hybridized carbons (Fsp3) is 0.421. The summed E-state index contributed by atoms with van der Waals surface area (Å²) in [5, 5.41) is 3.71. The Hall–Kier alpha value is -2.03. The van der Waals surface area contributed by atoms with E-state index in [0.717, 1.165) is 10.6 Å². The Kier molecular flexibility index (Phi) is 6.26. The Balaban J connectivity index is 1.71. The van der Waals surface area contributed by atoms with Gasteiger partial charge < -0.3 is 14.4 Å². The third-order valence-electron chi connectivity index (χ3n) is 4.07. The molecule has 0 bridgehead atoms. The normalized spacial score (nSPS) is 13.7. The Morgan fingerprint density at radius 2 is 1.90 bits per heavy atom. The smallest absolute Gasteiger partial charge is 0.410 e. The van der Waals surface area contributed by atoms with Crippen LogP contribution in [0.2, 0.25) is 10.0 Å². The van der Waals surface area contributed by atoms with Gasteiger partial charge in [0.2, 0.25) is 0 Å². The van der Waals surface area contributed by atoms with Gasteiger partial charge in [0.05, 0.1) is 29.4 Å². The fourth-order valence-corrected chi connectivity index (χ4v) is 4.45. The lowest BCUT2D eigenvalue weighted by Crippen LogP contribution is -2.39. The molecule has 1 aromatic heterocycles. The van der Waals surface area contributed by atoms with Crippen LogP contribution in [0.15, 0.2) is 12.1 Å². The van der Waals surface area contributed by atoms with E-state index in [4.69, 9.17) is 32.7 Å². The van der Waals surface area contributed by atoms with Crippen LogP contribution in [0.3, 0.4) is 0 Å². The molecule has 29 heavy (non-hydrogen) atoms. The minimum absolute atomic E-state index is 0.247. The van der Waals surface area contributed by atoms with Crippen molar-refractivity contribution in [1.82, 2.24) is 9.88 Å². The summed E-state index contributed by atoms with van der Waals surface area (Å²) in [6, 6.07) is 2.97.